The molecule has 0 unspecified atom stereocenters. The smallest absolute Gasteiger partial charge is 0.171 e. The van der Waals surface area contributed by atoms with Crippen molar-refractivity contribution in [3.8, 4) is 0 Å². The van der Waals surface area contributed by atoms with Crippen molar-refractivity contribution in [2.75, 3.05) is 11.9 Å². The SMILES string of the molecule is Fc1cc(F)c(F)c(CCNC(=S)Nc2ncccc2Br)c1F. The van der Waals surface area contributed by atoms with Gasteiger partial charge in [-0.2, -0.15) is 0 Å². The van der Waals surface area contributed by atoms with Gasteiger partial charge in [-0.1, -0.05) is 0 Å². The third-order valence-electron chi connectivity index (χ3n) is 2.85. The summed E-state index contributed by atoms with van der Waals surface area (Å²) in [6.45, 7) is -0.0208. The van der Waals surface area contributed by atoms with Gasteiger partial charge in [0.25, 0.3) is 0 Å². The monoisotopic (exact) mass is 407 g/mol. The van der Waals surface area contributed by atoms with Gasteiger partial charge in [0.05, 0.1) is 4.47 Å². The van der Waals surface area contributed by atoms with Gasteiger partial charge in [0.1, 0.15) is 5.82 Å². The number of thiocarbonyl (C=S) groups is 1. The van der Waals surface area contributed by atoms with Gasteiger partial charge >= 0.3 is 0 Å². The van der Waals surface area contributed by atoms with E-state index >= 15 is 0 Å². The van der Waals surface area contributed by atoms with E-state index in [1.807, 2.05) is 0 Å². The summed E-state index contributed by atoms with van der Waals surface area (Å²) in [5.41, 5.74) is -0.670. The molecule has 0 fully saturated rings. The second kappa shape index (κ2) is 7.69. The number of halogens is 5. The number of hydrogen-bond acceptors (Lipinski definition) is 2. The van der Waals surface area contributed by atoms with Crippen LogP contribution in [-0.2, 0) is 6.42 Å². The maximum Gasteiger partial charge on any atom is 0.171 e. The van der Waals surface area contributed by atoms with Crippen molar-refractivity contribution in [3.05, 3.63) is 57.7 Å². The van der Waals surface area contributed by atoms with Gasteiger partial charge in [0.15, 0.2) is 28.4 Å². The zero-order valence-electron chi connectivity index (χ0n) is 11.5. The molecule has 0 atom stereocenters. The number of nitrogens with one attached hydrogen (secondary N) is 2. The fraction of sp³-hybridized carbons (Fsp3) is 0.143. The lowest BCUT2D eigenvalue weighted by molar-refractivity contribution is 0.438. The summed E-state index contributed by atoms with van der Waals surface area (Å²) in [6, 6.07) is 3.64. The van der Waals surface area contributed by atoms with Crippen LogP contribution in [0.3, 0.4) is 0 Å². The second-order valence-electron chi connectivity index (χ2n) is 4.41. The third kappa shape index (κ3) is 4.38. The maximum atomic E-state index is 13.5. The third-order valence-corrected chi connectivity index (χ3v) is 3.74. The Hall–Kier alpha value is -1.74. The lowest BCUT2D eigenvalue weighted by atomic mass is 10.1. The first-order chi connectivity index (χ1) is 10.9. The Morgan fingerprint density at radius 2 is 1.83 bits per heavy atom. The highest BCUT2D eigenvalue weighted by Gasteiger charge is 2.18. The lowest BCUT2D eigenvalue weighted by Gasteiger charge is -2.12. The summed E-state index contributed by atoms with van der Waals surface area (Å²) >= 11 is 8.28. The summed E-state index contributed by atoms with van der Waals surface area (Å²) in [7, 11) is 0. The predicted molar refractivity (Wildman–Crippen MR) is 86.1 cm³/mol. The zero-order valence-corrected chi connectivity index (χ0v) is 13.9. The van der Waals surface area contributed by atoms with Crippen molar-refractivity contribution < 1.29 is 17.6 Å². The highest BCUT2D eigenvalue weighted by molar-refractivity contribution is 9.10. The number of nitrogens with zero attached hydrogens (tertiary/aromatic N) is 1. The summed E-state index contributed by atoms with van der Waals surface area (Å²) in [5, 5.41) is 5.61. The highest BCUT2D eigenvalue weighted by Crippen LogP contribution is 2.20. The van der Waals surface area contributed by atoms with E-state index in [0.29, 0.717) is 10.3 Å². The Morgan fingerprint density at radius 3 is 2.43 bits per heavy atom. The van der Waals surface area contributed by atoms with Crippen LogP contribution in [0.1, 0.15) is 5.56 Å². The topological polar surface area (TPSA) is 37.0 Å². The molecule has 9 heteroatoms. The van der Waals surface area contributed by atoms with Crippen LogP contribution in [0, 0.1) is 23.3 Å². The predicted octanol–water partition coefficient (Wildman–Crippen LogP) is 3.93. The van der Waals surface area contributed by atoms with Gasteiger partial charge in [-0.05, 0) is 46.7 Å². The molecular formula is C14H10BrF4N3S. The molecule has 2 aromatic rings. The van der Waals surface area contributed by atoms with Crippen LogP contribution in [-0.4, -0.2) is 16.6 Å². The summed E-state index contributed by atoms with van der Waals surface area (Å²) < 4.78 is 53.8. The van der Waals surface area contributed by atoms with Gasteiger partial charge in [0.2, 0.25) is 0 Å². The van der Waals surface area contributed by atoms with Crippen molar-refractivity contribution in [1.82, 2.24) is 10.3 Å². The van der Waals surface area contributed by atoms with Gasteiger partial charge in [0, 0.05) is 24.4 Å². The Morgan fingerprint density at radius 1 is 1.17 bits per heavy atom. The molecule has 122 valence electrons. The molecule has 1 aromatic carbocycles. The molecule has 0 aliphatic rings. The first-order valence-corrected chi connectivity index (χ1v) is 7.57. The van der Waals surface area contributed by atoms with Crippen molar-refractivity contribution in [3.63, 3.8) is 0 Å². The van der Waals surface area contributed by atoms with E-state index in [0.717, 1.165) is 0 Å². The molecule has 2 rings (SSSR count). The normalized spacial score (nSPS) is 10.5. The molecule has 1 aromatic heterocycles. The average molecular weight is 408 g/mol. The number of anilines is 1. The van der Waals surface area contributed by atoms with E-state index in [1.54, 1.807) is 18.3 Å². The van der Waals surface area contributed by atoms with Gasteiger partial charge in [-0.3, -0.25) is 0 Å². The van der Waals surface area contributed by atoms with Crippen LogP contribution < -0.4 is 10.6 Å². The minimum absolute atomic E-state index is 0.0208. The van der Waals surface area contributed by atoms with E-state index < -0.39 is 28.8 Å². The number of aromatic nitrogens is 1. The van der Waals surface area contributed by atoms with Crippen LogP contribution in [0.5, 0.6) is 0 Å². The van der Waals surface area contributed by atoms with Gasteiger partial charge < -0.3 is 10.6 Å². The Bertz CT molecular complexity index is 716. The van der Waals surface area contributed by atoms with Crippen molar-refractivity contribution in [2.45, 2.75) is 6.42 Å². The number of hydrogen-bond donors (Lipinski definition) is 2. The van der Waals surface area contributed by atoms with Gasteiger partial charge in [-0.15, -0.1) is 0 Å². The Kier molecular flexibility index (Phi) is 5.89. The lowest BCUT2D eigenvalue weighted by Crippen LogP contribution is -2.31. The summed E-state index contributed by atoms with van der Waals surface area (Å²) in [4.78, 5) is 4.03. The van der Waals surface area contributed by atoms with Crippen LogP contribution in [0.15, 0.2) is 28.9 Å². The molecule has 0 saturated heterocycles. The van der Waals surface area contributed by atoms with E-state index in [-0.39, 0.29) is 24.1 Å². The number of benzene rings is 1. The standard InChI is InChI=1S/C14H10BrF4N3S/c15-8-2-1-4-20-13(8)22-14(23)21-5-3-7-11(18)9(16)6-10(17)12(7)19/h1-2,4,6H,3,5H2,(H2,20,21,22,23). The fourth-order valence-corrected chi connectivity index (χ4v) is 2.33. The summed E-state index contributed by atoms with van der Waals surface area (Å²) in [5.74, 6) is -5.22. The molecule has 0 aliphatic heterocycles. The summed E-state index contributed by atoms with van der Waals surface area (Å²) in [6.07, 6.45) is 1.27. The van der Waals surface area contributed by atoms with Crippen LogP contribution in [0.25, 0.3) is 0 Å². The minimum atomic E-state index is -1.43. The average Bonchev–Trinajstić information content (AvgIpc) is 2.51. The van der Waals surface area contributed by atoms with Crippen molar-refractivity contribution in [2.24, 2.45) is 0 Å². The largest absolute Gasteiger partial charge is 0.362 e. The Labute approximate surface area is 143 Å². The molecule has 3 nitrogen and oxygen atoms in total. The molecule has 23 heavy (non-hydrogen) atoms. The molecule has 0 radical (unpaired) electrons. The van der Waals surface area contributed by atoms with Crippen molar-refractivity contribution >= 4 is 39.1 Å². The molecule has 0 aliphatic carbocycles. The Balaban J connectivity index is 1.95. The first-order valence-electron chi connectivity index (χ1n) is 6.37. The molecular weight excluding hydrogens is 398 g/mol. The second-order valence-corrected chi connectivity index (χ2v) is 5.67. The fourth-order valence-electron chi connectivity index (χ4n) is 1.77. The number of pyridine rings is 1. The molecule has 0 spiro atoms. The molecule has 0 bridgehead atoms. The van der Waals surface area contributed by atoms with E-state index in [2.05, 4.69) is 31.5 Å². The van der Waals surface area contributed by atoms with E-state index in [1.165, 1.54) is 0 Å². The maximum absolute atomic E-state index is 13.5. The quantitative estimate of drug-likeness (QED) is 0.457. The molecule has 1 heterocycles. The van der Waals surface area contributed by atoms with Gasteiger partial charge in [-0.25, -0.2) is 22.5 Å². The number of rotatable bonds is 4. The zero-order chi connectivity index (χ0) is 17.0. The van der Waals surface area contributed by atoms with E-state index in [4.69, 9.17) is 12.2 Å². The van der Waals surface area contributed by atoms with Crippen molar-refractivity contribution in [1.29, 1.82) is 0 Å². The first kappa shape index (κ1) is 17.6. The van der Waals surface area contributed by atoms with Crippen LogP contribution in [0.2, 0.25) is 0 Å². The molecule has 0 saturated carbocycles. The highest BCUT2D eigenvalue weighted by atomic mass is 79.9. The molecule has 0 amide bonds. The van der Waals surface area contributed by atoms with Crippen LogP contribution >= 0.6 is 28.1 Å². The molecule has 2 N–H and O–H groups in total. The van der Waals surface area contributed by atoms with Crippen LogP contribution in [0.4, 0.5) is 23.4 Å². The minimum Gasteiger partial charge on any atom is -0.362 e. The van der Waals surface area contributed by atoms with E-state index in [9.17, 15) is 17.6 Å².